The fraction of sp³-hybridized carbons (Fsp3) is 0.143. The van der Waals surface area contributed by atoms with Crippen LogP contribution in [0.15, 0.2) is 42.6 Å². The molecule has 0 aliphatic rings. The molecule has 0 saturated carbocycles. The average Bonchev–Trinajstić information content (AvgIpc) is 2.46. The minimum Gasteiger partial charge on any atom is -0.329 e. The van der Waals surface area contributed by atoms with E-state index in [0.29, 0.717) is 17.1 Å². The number of hydrogen-bond acceptors (Lipinski definition) is 3. The third kappa shape index (κ3) is 2.88. The van der Waals surface area contributed by atoms with Gasteiger partial charge in [-0.15, -0.1) is 0 Å². The van der Waals surface area contributed by atoms with Crippen molar-refractivity contribution < 1.29 is 13.2 Å². The van der Waals surface area contributed by atoms with Crippen LogP contribution in [0.5, 0.6) is 0 Å². The molecule has 0 amide bonds. The third-order valence-electron chi connectivity index (χ3n) is 2.78. The number of halogens is 3. The van der Waals surface area contributed by atoms with Crippen LogP contribution in [0.4, 0.5) is 24.7 Å². The van der Waals surface area contributed by atoms with Gasteiger partial charge in [0.05, 0.1) is 17.2 Å². The first kappa shape index (κ1) is 13.9. The topological polar surface area (TPSA) is 39.9 Å². The number of benzene rings is 1. The molecule has 1 heterocycles. The number of aromatic nitrogens is 1. The first-order chi connectivity index (χ1) is 9.41. The summed E-state index contributed by atoms with van der Waals surface area (Å²) in [4.78, 5) is 5.41. The Kier molecular flexibility index (Phi) is 3.61. The van der Waals surface area contributed by atoms with Crippen LogP contribution in [0.1, 0.15) is 11.1 Å². The van der Waals surface area contributed by atoms with Gasteiger partial charge in [0.15, 0.2) is 0 Å². The Bertz CT molecular complexity index is 642. The van der Waals surface area contributed by atoms with Crippen molar-refractivity contribution in [2.24, 2.45) is 0 Å². The predicted molar refractivity (Wildman–Crippen MR) is 68.5 cm³/mol. The van der Waals surface area contributed by atoms with Crippen molar-refractivity contribution in [1.29, 1.82) is 5.26 Å². The molecule has 0 unspecified atom stereocenters. The predicted octanol–water partition coefficient (Wildman–Crippen LogP) is 3.74. The van der Waals surface area contributed by atoms with Crippen LogP contribution < -0.4 is 4.90 Å². The van der Waals surface area contributed by atoms with Crippen LogP contribution in [0.3, 0.4) is 0 Å². The monoisotopic (exact) mass is 277 g/mol. The molecule has 0 fully saturated rings. The zero-order valence-corrected chi connectivity index (χ0v) is 10.5. The van der Waals surface area contributed by atoms with E-state index in [1.807, 2.05) is 6.07 Å². The normalized spacial score (nSPS) is 10.9. The molecule has 2 rings (SSSR count). The summed E-state index contributed by atoms with van der Waals surface area (Å²) < 4.78 is 37.4. The standard InChI is InChI=1S/C14H10F3N3/c1-20(12-4-2-3-10(7-12)8-18)13-6-5-11(9-19-13)14(15,16)17/h2-7,9H,1H3. The minimum absolute atomic E-state index is 0.369. The Hall–Kier alpha value is -2.55. The maximum absolute atomic E-state index is 12.5. The number of hydrogen-bond donors (Lipinski definition) is 0. The van der Waals surface area contributed by atoms with Gasteiger partial charge in [0.1, 0.15) is 5.82 Å². The van der Waals surface area contributed by atoms with E-state index in [2.05, 4.69) is 4.98 Å². The SMILES string of the molecule is CN(c1cccc(C#N)c1)c1ccc(C(F)(F)F)cn1. The molecule has 0 bridgehead atoms. The highest BCUT2D eigenvalue weighted by molar-refractivity contribution is 5.61. The smallest absolute Gasteiger partial charge is 0.329 e. The lowest BCUT2D eigenvalue weighted by Gasteiger charge is -2.19. The summed E-state index contributed by atoms with van der Waals surface area (Å²) in [6, 6.07) is 11.0. The van der Waals surface area contributed by atoms with Gasteiger partial charge in [-0.3, -0.25) is 0 Å². The van der Waals surface area contributed by atoms with Gasteiger partial charge in [0, 0.05) is 18.9 Å². The second-order valence-electron chi connectivity index (χ2n) is 4.12. The molecule has 0 aliphatic carbocycles. The molecule has 0 N–H and O–H groups in total. The lowest BCUT2D eigenvalue weighted by Crippen LogP contribution is -2.12. The van der Waals surface area contributed by atoms with Gasteiger partial charge in [0.25, 0.3) is 0 Å². The van der Waals surface area contributed by atoms with E-state index in [9.17, 15) is 13.2 Å². The van der Waals surface area contributed by atoms with E-state index in [4.69, 9.17) is 5.26 Å². The molecule has 1 aromatic heterocycles. The fourth-order valence-electron chi connectivity index (χ4n) is 1.67. The maximum Gasteiger partial charge on any atom is 0.417 e. The van der Waals surface area contributed by atoms with Gasteiger partial charge in [-0.2, -0.15) is 18.4 Å². The van der Waals surface area contributed by atoms with Crippen LogP contribution in [-0.4, -0.2) is 12.0 Å². The largest absolute Gasteiger partial charge is 0.417 e. The second kappa shape index (κ2) is 5.21. The van der Waals surface area contributed by atoms with Crippen LogP contribution in [-0.2, 0) is 6.18 Å². The number of anilines is 2. The molecular formula is C14H10F3N3. The highest BCUT2D eigenvalue weighted by Gasteiger charge is 2.30. The van der Waals surface area contributed by atoms with E-state index >= 15 is 0 Å². The zero-order valence-electron chi connectivity index (χ0n) is 10.5. The van der Waals surface area contributed by atoms with E-state index in [1.165, 1.54) is 6.07 Å². The summed E-state index contributed by atoms with van der Waals surface area (Å²) in [6.07, 6.45) is -3.61. The lowest BCUT2D eigenvalue weighted by atomic mass is 10.2. The summed E-state index contributed by atoms with van der Waals surface area (Å²) in [5, 5.41) is 8.83. The summed E-state index contributed by atoms with van der Waals surface area (Å²) in [6.45, 7) is 0. The third-order valence-corrected chi connectivity index (χ3v) is 2.78. The van der Waals surface area contributed by atoms with Crippen molar-refractivity contribution in [3.63, 3.8) is 0 Å². The summed E-state index contributed by atoms with van der Waals surface area (Å²) in [7, 11) is 1.67. The molecule has 20 heavy (non-hydrogen) atoms. The molecule has 1 aromatic carbocycles. The van der Waals surface area contributed by atoms with Crippen molar-refractivity contribution >= 4 is 11.5 Å². The van der Waals surface area contributed by atoms with Crippen molar-refractivity contribution in [1.82, 2.24) is 4.98 Å². The summed E-state index contributed by atoms with van der Waals surface area (Å²) in [5.74, 6) is 0.369. The fourth-order valence-corrected chi connectivity index (χ4v) is 1.67. The molecule has 102 valence electrons. The van der Waals surface area contributed by atoms with E-state index < -0.39 is 11.7 Å². The molecular weight excluding hydrogens is 267 g/mol. The molecule has 2 aromatic rings. The van der Waals surface area contributed by atoms with Gasteiger partial charge in [-0.05, 0) is 30.3 Å². The molecule has 0 atom stereocenters. The van der Waals surface area contributed by atoms with Gasteiger partial charge < -0.3 is 4.90 Å². The minimum atomic E-state index is -4.40. The Morgan fingerprint density at radius 3 is 2.50 bits per heavy atom. The van der Waals surface area contributed by atoms with E-state index in [0.717, 1.165) is 12.3 Å². The van der Waals surface area contributed by atoms with Gasteiger partial charge in [-0.25, -0.2) is 4.98 Å². The van der Waals surface area contributed by atoms with Gasteiger partial charge in [-0.1, -0.05) is 6.07 Å². The number of rotatable bonds is 2. The van der Waals surface area contributed by atoms with E-state index in [1.54, 1.807) is 36.2 Å². The highest BCUT2D eigenvalue weighted by atomic mass is 19.4. The Balaban J connectivity index is 2.29. The Morgan fingerprint density at radius 2 is 1.95 bits per heavy atom. The molecule has 0 aliphatic heterocycles. The second-order valence-corrected chi connectivity index (χ2v) is 4.12. The first-order valence-corrected chi connectivity index (χ1v) is 5.69. The van der Waals surface area contributed by atoms with Crippen LogP contribution in [0.25, 0.3) is 0 Å². The Labute approximate surface area is 113 Å². The lowest BCUT2D eigenvalue weighted by molar-refractivity contribution is -0.137. The first-order valence-electron chi connectivity index (χ1n) is 5.69. The van der Waals surface area contributed by atoms with Crippen LogP contribution in [0, 0.1) is 11.3 Å². The van der Waals surface area contributed by atoms with Crippen molar-refractivity contribution in [2.45, 2.75) is 6.18 Å². The molecule has 0 spiro atoms. The molecule has 0 radical (unpaired) electrons. The molecule has 6 heteroatoms. The van der Waals surface area contributed by atoms with Crippen LogP contribution >= 0.6 is 0 Å². The average molecular weight is 277 g/mol. The van der Waals surface area contributed by atoms with Gasteiger partial charge >= 0.3 is 6.18 Å². The van der Waals surface area contributed by atoms with Crippen LogP contribution in [0.2, 0.25) is 0 Å². The number of nitrogens with zero attached hydrogens (tertiary/aromatic N) is 3. The number of alkyl halides is 3. The molecule has 3 nitrogen and oxygen atoms in total. The van der Waals surface area contributed by atoms with Crippen molar-refractivity contribution in [3.05, 3.63) is 53.7 Å². The van der Waals surface area contributed by atoms with Crippen molar-refractivity contribution in [3.8, 4) is 6.07 Å². The number of nitriles is 1. The van der Waals surface area contributed by atoms with Crippen molar-refractivity contribution in [2.75, 3.05) is 11.9 Å². The zero-order chi connectivity index (χ0) is 14.8. The van der Waals surface area contributed by atoms with Gasteiger partial charge in [0.2, 0.25) is 0 Å². The maximum atomic E-state index is 12.5. The van der Waals surface area contributed by atoms with E-state index in [-0.39, 0.29) is 0 Å². The quantitative estimate of drug-likeness (QED) is 0.839. The summed E-state index contributed by atoms with van der Waals surface area (Å²) >= 11 is 0. The highest BCUT2D eigenvalue weighted by Crippen LogP contribution is 2.30. The number of pyridine rings is 1. The summed E-state index contributed by atoms with van der Waals surface area (Å²) in [5.41, 5.74) is 0.359. The molecule has 0 saturated heterocycles. The Morgan fingerprint density at radius 1 is 1.20 bits per heavy atom.